The predicted octanol–water partition coefficient (Wildman–Crippen LogP) is -0.463. The van der Waals surface area contributed by atoms with Crippen LogP contribution in [0.3, 0.4) is 0 Å². The van der Waals surface area contributed by atoms with Crippen LogP contribution in [0.4, 0.5) is 4.79 Å². The number of rotatable bonds is 7. The summed E-state index contributed by atoms with van der Waals surface area (Å²) in [5, 5.41) is 10.9. The van der Waals surface area contributed by atoms with E-state index < -0.39 is 21.8 Å². The van der Waals surface area contributed by atoms with Crippen LogP contribution in [0, 0.1) is 0 Å². The maximum Gasteiger partial charge on any atom is 0.317 e. The van der Waals surface area contributed by atoms with E-state index in [1.165, 1.54) is 11.9 Å². The first-order valence-corrected chi connectivity index (χ1v) is 7.17. The van der Waals surface area contributed by atoms with Gasteiger partial charge in [-0.1, -0.05) is 0 Å². The normalized spacial score (nSPS) is 10.9. The minimum absolute atomic E-state index is 0.00661. The van der Waals surface area contributed by atoms with Gasteiger partial charge in [0.25, 0.3) is 0 Å². The van der Waals surface area contributed by atoms with E-state index in [2.05, 4.69) is 5.32 Å². The number of amides is 2. The number of carboxylic acids is 1. The summed E-state index contributed by atoms with van der Waals surface area (Å²) in [6, 6.07) is -0.404. The second kappa shape index (κ2) is 7.10. The molecule has 17 heavy (non-hydrogen) atoms. The zero-order valence-electron chi connectivity index (χ0n) is 9.97. The van der Waals surface area contributed by atoms with Crippen molar-refractivity contribution in [1.29, 1.82) is 0 Å². The highest BCUT2D eigenvalue weighted by Gasteiger charge is 2.10. The lowest BCUT2D eigenvalue weighted by molar-refractivity contribution is -0.137. The number of aliphatic carboxylic acids is 1. The Morgan fingerprint density at radius 2 is 1.94 bits per heavy atom. The van der Waals surface area contributed by atoms with E-state index in [-0.39, 0.29) is 25.3 Å². The number of hydrogen-bond acceptors (Lipinski definition) is 4. The maximum atomic E-state index is 11.4. The number of sulfone groups is 1. The second-order valence-electron chi connectivity index (χ2n) is 3.78. The van der Waals surface area contributed by atoms with E-state index in [1.807, 2.05) is 0 Å². The molecule has 0 aromatic heterocycles. The van der Waals surface area contributed by atoms with Gasteiger partial charge in [-0.25, -0.2) is 13.2 Å². The van der Waals surface area contributed by atoms with E-state index in [0.29, 0.717) is 6.42 Å². The Morgan fingerprint density at radius 3 is 2.41 bits per heavy atom. The summed E-state index contributed by atoms with van der Waals surface area (Å²) < 4.78 is 21.7. The van der Waals surface area contributed by atoms with Crippen LogP contribution in [-0.4, -0.2) is 62.6 Å². The SMILES string of the molecule is CN(CCS(C)(=O)=O)C(=O)NCCCC(=O)O. The van der Waals surface area contributed by atoms with Gasteiger partial charge in [-0.2, -0.15) is 0 Å². The fourth-order valence-electron chi connectivity index (χ4n) is 0.974. The van der Waals surface area contributed by atoms with Crippen LogP contribution in [0.1, 0.15) is 12.8 Å². The van der Waals surface area contributed by atoms with Crippen molar-refractivity contribution in [1.82, 2.24) is 10.2 Å². The second-order valence-corrected chi connectivity index (χ2v) is 6.04. The molecule has 8 heteroatoms. The van der Waals surface area contributed by atoms with E-state index >= 15 is 0 Å². The van der Waals surface area contributed by atoms with Gasteiger partial charge in [-0.05, 0) is 6.42 Å². The molecule has 0 aromatic carbocycles. The van der Waals surface area contributed by atoms with E-state index in [0.717, 1.165) is 6.26 Å². The van der Waals surface area contributed by atoms with Crippen LogP contribution >= 0.6 is 0 Å². The van der Waals surface area contributed by atoms with E-state index in [4.69, 9.17) is 5.11 Å². The van der Waals surface area contributed by atoms with Gasteiger partial charge in [0.15, 0.2) is 0 Å². The molecule has 0 saturated carbocycles. The molecule has 0 aromatic rings. The summed E-state index contributed by atoms with van der Waals surface area (Å²) in [5.41, 5.74) is 0. The summed E-state index contributed by atoms with van der Waals surface area (Å²) in [7, 11) is -1.60. The molecule has 0 aliphatic carbocycles. The van der Waals surface area contributed by atoms with Crippen LogP contribution in [0.2, 0.25) is 0 Å². The molecule has 2 N–H and O–H groups in total. The van der Waals surface area contributed by atoms with Crippen molar-refractivity contribution in [3.8, 4) is 0 Å². The van der Waals surface area contributed by atoms with Crippen molar-refractivity contribution in [3.05, 3.63) is 0 Å². The van der Waals surface area contributed by atoms with Crippen LogP contribution in [-0.2, 0) is 14.6 Å². The maximum absolute atomic E-state index is 11.4. The Bertz CT molecular complexity index is 366. The van der Waals surface area contributed by atoms with Crippen LogP contribution in [0.25, 0.3) is 0 Å². The highest BCUT2D eigenvalue weighted by molar-refractivity contribution is 7.90. The first-order chi connectivity index (χ1) is 7.72. The van der Waals surface area contributed by atoms with Crippen molar-refractivity contribution in [2.75, 3.05) is 32.1 Å². The molecule has 2 amide bonds. The Labute approximate surface area is 101 Å². The summed E-state index contributed by atoms with van der Waals surface area (Å²) in [4.78, 5) is 22.8. The lowest BCUT2D eigenvalue weighted by Crippen LogP contribution is -2.40. The smallest absolute Gasteiger partial charge is 0.317 e. The predicted molar refractivity (Wildman–Crippen MR) is 62.6 cm³/mol. The lowest BCUT2D eigenvalue weighted by atomic mass is 10.3. The minimum Gasteiger partial charge on any atom is -0.481 e. The monoisotopic (exact) mass is 266 g/mol. The summed E-state index contributed by atoms with van der Waals surface area (Å²) in [6.07, 6.45) is 1.44. The zero-order chi connectivity index (χ0) is 13.5. The molecule has 0 unspecified atom stereocenters. The molecule has 0 saturated heterocycles. The van der Waals surface area contributed by atoms with Crippen molar-refractivity contribution in [2.45, 2.75) is 12.8 Å². The Morgan fingerprint density at radius 1 is 1.35 bits per heavy atom. The fourth-order valence-corrected chi connectivity index (χ4v) is 1.58. The molecular weight excluding hydrogens is 248 g/mol. The molecule has 0 spiro atoms. The molecule has 7 nitrogen and oxygen atoms in total. The molecule has 100 valence electrons. The number of carbonyl (C=O) groups excluding carboxylic acids is 1. The summed E-state index contributed by atoms with van der Waals surface area (Å²) in [5.74, 6) is -1.00. The van der Waals surface area contributed by atoms with Gasteiger partial charge in [0, 0.05) is 32.8 Å². The fraction of sp³-hybridized carbons (Fsp3) is 0.778. The van der Waals surface area contributed by atoms with Gasteiger partial charge in [0.2, 0.25) is 0 Å². The molecule has 0 rings (SSSR count). The quantitative estimate of drug-likeness (QED) is 0.607. The standard InChI is InChI=1S/C9H18N2O5S/c1-11(6-7-17(2,15)16)9(14)10-5-3-4-8(12)13/h3-7H2,1-2H3,(H,10,14)(H,12,13). The average molecular weight is 266 g/mol. The Balaban J connectivity index is 3.79. The number of urea groups is 1. The van der Waals surface area contributed by atoms with Crippen molar-refractivity contribution in [3.63, 3.8) is 0 Å². The zero-order valence-corrected chi connectivity index (χ0v) is 10.8. The van der Waals surface area contributed by atoms with Crippen molar-refractivity contribution >= 4 is 21.8 Å². The third kappa shape index (κ3) is 9.61. The molecule has 0 atom stereocenters. The van der Waals surface area contributed by atoms with Crippen LogP contribution in [0.15, 0.2) is 0 Å². The van der Waals surface area contributed by atoms with Crippen LogP contribution in [0.5, 0.6) is 0 Å². The first-order valence-electron chi connectivity index (χ1n) is 5.11. The molecule has 0 radical (unpaired) electrons. The molecule has 0 bridgehead atoms. The lowest BCUT2D eigenvalue weighted by Gasteiger charge is -2.17. The van der Waals surface area contributed by atoms with Gasteiger partial charge < -0.3 is 15.3 Å². The van der Waals surface area contributed by atoms with Gasteiger partial charge in [0.1, 0.15) is 9.84 Å². The molecule has 0 heterocycles. The Kier molecular flexibility index (Phi) is 6.55. The third-order valence-corrected chi connectivity index (χ3v) is 2.91. The molecular formula is C9H18N2O5S. The first kappa shape index (κ1) is 15.7. The topological polar surface area (TPSA) is 104 Å². The average Bonchev–Trinajstić information content (AvgIpc) is 2.19. The largest absolute Gasteiger partial charge is 0.481 e. The highest BCUT2D eigenvalue weighted by Crippen LogP contribution is 1.91. The number of carbonyl (C=O) groups is 2. The van der Waals surface area contributed by atoms with Crippen molar-refractivity contribution < 1.29 is 23.1 Å². The summed E-state index contributed by atoms with van der Waals surface area (Å²) >= 11 is 0. The van der Waals surface area contributed by atoms with Gasteiger partial charge in [-0.3, -0.25) is 4.79 Å². The van der Waals surface area contributed by atoms with Gasteiger partial charge in [-0.15, -0.1) is 0 Å². The van der Waals surface area contributed by atoms with Gasteiger partial charge in [0.05, 0.1) is 5.75 Å². The Hall–Kier alpha value is -1.31. The number of nitrogens with zero attached hydrogens (tertiary/aromatic N) is 1. The molecule has 0 aliphatic heterocycles. The van der Waals surface area contributed by atoms with E-state index in [1.54, 1.807) is 0 Å². The van der Waals surface area contributed by atoms with Crippen LogP contribution < -0.4 is 5.32 Å². The van der Waals surface area contributed by atoms with E-state index in [9.17, 15) is 18.0 Å². The number of hydrogen-bond donors (Lipinski definition) is 2. The highest BCUT2D eigenvalue weighted by atomic mass is 32.2. The van der Waals surface area contributed by atoms with Crippen molar-refractivity contribution in [2.24, 2.45) is 0 Å². The summed E-state index contributed by atoms with van der Waals surface area (Å²) in [6.45, 7) is 0.373. The minimum atomic E-state index is -3.09. The molecule has 0 fully saturated rings. The third-order valence-electron chi connectivity index (χ3n) is 1.99. The number of nitrogens with one attached hydrogen (secondary N) is 1. The van der Waals surface area contributed by atoms with Gasteiger partial charge >= 0.3 is 12.0 Å². The number of carboxylic acid groups (broad SMARTS) is 1. The molecule has 0 aliphatic rings.